The van der Waals surface area contributed by atoms with Crippen molar-refractivity contribution in [3.05, 3.63) is 59.4 Å². The monoisotopic (exact) mass is 484 g/mol. The number of hydrogen-bond donors (Lipinski definition) is 1. The van der Waals surface area contributed by atoms with Crippen molar-refractivity contribution in [3.63, 3.8) is 0 Å². The van der Waals surface area contributed by atoms with Gasteiger partial charge in [-0.3, -0.25) is 9.59 Å². The Morgan fingerprint density at radius 2 is 1.71 bits per heavy atom. The summed E-state index contributed by atoms with van der Waals surface area (Å²) in [5.74, 6) is 0.960. The first kappa shape index (κ1) is 25.6. The van der Waals surface area contributed by atoms with E-state index >= 15 is 0 Å². The third kappa shape index (κ3) is 6.29. The molecule has 0 aliphatic carbocycles. The quantitative estimate of drug-likeness (QED) is 0.423. The number of nitrogens with one attached hydrogen (secondary N) is 1. The molecule has 3 aromatic rings. The van der Waals surface area contributed by atoms with Crippen LogP contribution in [0.2, 0.25) is 5.02 Å². The highest BCUT2D eigenvalue weighted by molar-refractivity contribution is 6.30. The Bertz CT molecular complexity index is 1100. The Balaban J connectivity index is 1.73. The molecule has 8 heteroatoms. The summed E-state index contributed by atoms with van der Waals surface area (Å²) in [5.41, 5.74) is 1.65. The van der Waals surface area contributed by atoms with Crippen molar-refractivity contribution >= 4 is 34.4 Å². The van der Waals surface area contributed by atoms with Gasteiger partial charge >= 0.3 is 0 Å². The molecule has 7 nitrogen and oxygen atoms in total. The molecule has 0 saturated carbocycles. The van der Waals surface area contributed by atoms with Crippen molar-refractivity contribution in [2.75, 3.05) is 6.61 Å². The fraction of sp³-hybridized carbons (Fsp3) is 0.423. The van der Waals surface area contributed by atoms with Gasteiger partial charge in [0.2, 0.25) is 5.91 Å². The van der Waals surface area contributed by atoms with Crippen LogP contribution in [-0.4, -0.2) is 45.0 Å². The summed E-state index contributed by atoms with van der Waals surface area (Å²) in [4.78, 5) is 32.4. The number of carbonyl (C=O) groups excluding carboxylic acids is 2. The molecular weight excluding hydrogens is 452 g/mol. The van der Waals surface area contributed by atoms with Crippen molar-refractivity contribution in [1.82, 2.24) is 19.8 Å². The standard InChI is InChI=1S/C26H33ClN4O3/c1-5-18(3)31(19(4)6-2)26(33)16-30-23-10-8-7-9-22(23)29-24(30)15-28-25(32)17-34-21-13-11-20(27)12-14-21/h7-14,18-19H,5-6,15-17H2,1-4H3,(H,28,32). The summed E-state index contributed by atoms with van der Waals surface area (Å²) in [7, 11) is 0. The van der Waals surface area contributed by atoms with Crippen molar-refractivity contribution in [2.45, 2.75) is 65.7 Å². The van der Waals surface area contributed by atoms with E-state index in [-0.39, 0.29) is 43.6 Å². The molecule has 2 aromatic carbocycles. The zero-order valence-electron chi connectivity index (χ0n) is 20.3. The highest BCUT2D eigenvalue weighted by atomic mass is 35.5. The van der Waals surface area contributed by atoms with Crippen molar-refractivity contribution in [2.24, 2.45) is 0 Å². The molecule has 0 aliphatic rings. The molecule has 0 saturated heterocycles. The van der Waals surface area contributed by atoms with Gasteiger partial charge in [-0.05, 0) is 63.1 Å². The van der Waals surface area contributed by atoms with Crippen LogP contribution in [0.3, 0.4) is 0 Å². The van der Waals surface area contributed by atoms with E-state index in [0.717, 1.165) is 23.9 Å². The Morgan fingerprint density at radius 1 is 1.06 bits per heavy atom. The van der Waals surface area contributed by atoms with Crippen LogP contribution in [0, 0.1) is 0 Å². The van der Waals surface area contributed by atoms with Crippen molar-refractivity contribution in [3.8, 4) is 5.75 Å². The van der Waals surface area contributed by atoms with Crippen LogP contribution in [0.15, 0.2) is 48.5 Å². The van der Waals surface area contributed by atoms with Crippen LogP contribution in [0.25, 0.3) is 11.0 Å². The number of aromatic nitrogens is 2. The van der Waals surface area contributed by atoms with Gasteiger partial charge in [0, 0.05) is 17.1 Å². The van der Waals surface area contributed by atoms with Crippen LogP contribution in [0.4, 0.5) is 0 Å². The second-order valence-electron chi connectivity index (χ2n) is 8.44. The normalized spacial score (nSPS) is 12.9. The van der Waals surface area contributed by atoms with Gasteiger partial charge < -0.3 is 19.5 Å². The molecule has 0 spiro atoms. The number of carbonyl (C=O) groups is 2. The lowest BCUT2D eigenvalue weighted by Crippen LogP contribution is -2.46. The maximum absolute atomic E-state index is 13.4. The van der Waals surface area contributed by atoms with E-state index in [4.69, 9.17) is 16.3 Å². The van der Waals surface area contributed by atoms with Crippen LogP contribution >= 0.6 is 11.6 Å². The minimum absolute atomic E-state index is 0.0468. The fourth-order valence-electron chi connectivity index (χ4n) is 3.88. The fourth-order valence-corrected chi connectivity index (χ4v) is 4.01. The highest BCUT2D eigenvalue weighted by Gasteiger charge is 2.25. The first-order valence-electron chi connectivity index (χ1n) is 11.7. The van der Waals surface area contributed by atoms with Crippen LogP contribution in [0.5, 0.6) is 5.75 Å². The number of hydrogen-bond acceptors (Lipinski definition) is 4. The third-order valence-corrected chi connectivity index (χ3v) is 6.33. The molecule has 0 radical (unpaired) electrons. The summed E-state index contributed by atoms with van der Waals surface area (Å²) >= 11 is 5.88. The van der Waals surface area contributed by atoms with E-state index in [1.807, 2.05) is 33.7 Å². The van der Waals surface area contributed by atoms with Crippen LogP contribution < -0.4 is 10.1 Å². The second-order valence-corrected chi connectivity index (χ2v) is 8.87. The van der Waals surface area contributed by atoms with E-state index < -0.39 is 0 Å². The Labute approximate surface area is 206 Å². The van der Waals surface area contributed by atoms with Gasteiger partial charge in [0.05, 0.1) is 17.6 Å². The number of nitrogens with zero attached hydrogens (tertiary/aromatic N) is 3. The molecule has 1 aromatic heterocycles. The lowest BCUT2D eigenvalue weighted by atomic mass is 10.1. The largest absolute Gasteiger partial charge is 0.484 e. The van der Waals surface area contributed by atoms with Crippen molar-refractivity contribution in [1.29, 1.82) is 0 Å². The lowest BCUT2D eigenvalue weighted by Gasteiger charge is -2.34. The Hall–Kier alpha value is -3.06. The van der Waals surface area contributed by atoms with E-state index in [2.05, 4.69) is 38.0 Å². The van der Waals surface area contributed by atoms with Gasteiger partial charge in [-0.25, -0.2) is 4.98 Å². The minimum atomic E-state index is -0.277. The van der Waals surface area contributed by atoms with Gasteiger partial charge in [-0.1, -0.05) is 37.6 Å². The SMILES string of the molecule is CCC(C)N(C(=O)Cn1c(CNC(=O)COc2ccc(Cl)cc2)nc2ccccc21)C(C)CC. The average Bonchev–Trinajstić information content (AvgIpc) is 3.19. The maximum Gasteiger partial charge on any atom is 0.258 e. The maximum atomic E-state index is 13.4. The van der Waals surface area contributed by atoms with E-state index in [1.165, 1.54) is 0 Å². The third-order valence-electron chi connectivity index (χ3n) is 6.07. The van der Waals surface area contributed by atoms with E-state index in [9.17, 15) is 9.59 Å². The molecule has 0 fully saturated rings. The molecule has 1 N–H and O–H groups in total. The summed E-state index contributed by atoms with van der Waals surface area (Å²) < 4.78 is 7.41. The lowest BCUT2D eigenvalue weighted by molar-refractivity contribution is -0.136. The predicted octanol–water partition coefficient (Wildman–Crippen LogP) is 4.81. The molecule has 2 amide bonds. The van der Waals surface area contributed by atoms with Gasteiger partial charge in [0.15, 0.2) is 6.61 Å². The van der Waals surface area contributed by atoms with Gasteiger partial charge in [0.25, 0.3) is 5.91 Å². The topological polar surface area (TPSA) is 76.5 Å². The molecule has 0 aliphatic heterocycles. The number of halogens is 1. The molecule has 3 rings (SSSR count). The Kier molecular flexibility index (Phi) is 8.93. The summed E-state index contributed by atoms with van der Waals surface area (Å²) in [5, 5.41) is 3.46. The molecule has 34 heavy (non-hydrogen) atoms. The van der Waals surface area contributed by atoms with Gasteiger partial charge in [0.1, 0.15) is 18.1 Å². The predicted molar refractivity (Wildman–Crippen MR) is 135 cm³/mol. The molecule has 2 unspecified atom stereocenters. The number of rotatable bonds is 11. The number of para-hydroxylation sites is 2. The van der Waals surface area contributed by atoms with Crippen LogP contribution in [-0.2, 0) is 22.7 Å². The summed E-state index contributed by atoms with van der Waals surface area (Å²) in [6.45, 7) is 8.57. The highest BCUT2D eigenvalue weighted by Crippen LogP contribution is 2.19. The van der Waals surface area contributed by atoms with Crippen molar-refractivity contribution < 1.29 is 14.3 Å². The zero-order chi connectivity index (χ0) is 24.7. The summed E-state index contributed by atoms with van der Waals surface area (Å²) in [6, 6.07) is 14.8. The first-order chi connectivity index (χ1) is 16.3. The van der Waals surface area contributed by atoms with E-state index in [1.54, 1.807) is 24.3 Å². The molecule has 182 valence electrons. The number of amides is 2. The molecule has 0 bridgehead atoms. The smallest absolute Gasteiger partial charge is 0.258 e. The molecular formula is C26H33ClN4O3. The van der Waals surface area contributed by atoms with Crippen LogP contribution in [0.1, 0.15) is 46.4 Å². The number of imidazole rings is 1. The first-order valence-corrected chi connectivity index (χ1v) is 12.1. The second kappa shape index (κ2) is 11.9. The number of ether oxygens (including phenoxy) is 1. The summed E-state index contributed by atoms with van der Waals surface area (Å²) in [6.07, 6.45) is 1.77. The molecule has 2 atom stereocenters. The zero-order valence-corrected chi connectivity index (χ0v) is 21.0. The van der Waals surface area contributed by atoms with Gasteiger partial charge in [-0.2, -0.15) is 0 Å². The average molecular weight is 485 g/mol. The minimum Gasteiger partial charge on any atom is -0.484 e. The van der Waals surface area contributed by atoms with E-state index in [0.29, 0.717) is 16.6 Å². The number of fused-ring (bicyclic) bond motifs is 1. The molecule has 1 heterocycles. The van der Waals surface area contributed by atoms with Gasteiger partial charge in [-0.15, -0.1) is 0 Å². The number of benzene rings is 2. The Morgan fingerprint density at radius 3 is 2.35 bits per heavy atom.